The van der Waals surface area contributed by atoms with Gasteiger partial charge in [0.25, 0.3) is 5.91 Å². The summed E-state index contributed by atoms with van der Waals surface area (Å²) in [6, 6.07) is 7.47. The normalized spacial score (nSPS) is 11.3. The number of hydrogen-bond donors (Lipinski definition) is 2. The molecule has 1 heterocycles. The van der Waals surface area contributed by atoms with Crippen LogP contribution in [0.3, 0.4) is 0 Å². The molecule has 2 aromatic rings. The van der Waals surface area contributed by atoms with Gasteiger partial charge in [-0.05, 0) is 29.4 Å². The molecule has 0 bridgehead atoms. The zero-order valence-corrected chi connectivity index (χ0v) is 13.9. The van der Waals surface area contributed by atoms with Crippen LogP contribution < -0.4 is 11.1 Å². The van der Waals surface area contributed by atoms with Gasteiger partial charge in [0.2, 0.25) is 11.9 Å². The van der Waals surface area contributed by atoms with Gasteiger partial charge < -0.3 is 5.73 Å². The minimum atomic E-state index is -0.280. The predicted molar refractivity (Wildman–Crippen MR) is 89.1 cm³/mol. The fourth-order valence-corrected chi connectivity index (χ4v) is 2.18. The van der Waals surface area contributed by atoms with Crippen molar-refractivity contribution in [1.29, 1.82) is 0 Å². The maximum Gasteiger partial charge on any atom is 0.258 e. The van der Waals surface area contributed by atoms with E-state index in [-0.39, 0.29) is 23.2 Å². The number of hydrogen-bond acceptors (Lipinski definition) is 6. The van der Waals surface area contributed by atoms with Crippen molar-refractivity contribution in [2.24, 2.45) is 0 Å². The molecule has 2 rings (SSSR count). The second-order valence-electron chi connectivity index (χ2n) is 5.79. The van der Waals surface area contributed by atoms with Crippen molar-refractivity contribution in [3.8, 4) is 0 Å². The van der Waals surface area contributed by atoms with Crippen molar-refractivity contribution in [2.45, 2.75) is 31.3 Å². The smallest absolute Gasteiger partial charge is 0.258 e. The Balaban J connectivity index is 2.17. The summed E-state index contributed by atoms with van der Waals surface area (Å²) in [5, 5.41) is 3.10. The van der Waals surface area contributed by atoms with Gasteiger partial charge in [-0.15, -0.1) is 0 Å². The predicted octanol–water partition coefficient (Wildman–Crippen LogP) is 2.73. The van der Waals surface area contributed by atoms with E-state index in [1.165, 1.54) is 11.8 Å². The number of anilines is 2. The van der Waals surface area contributed by atoms with Gasteiger partial charge in [-0.1, -0.05) is 44.7 Å². The number of carbonyl (C=O) groups excluding carboxylic acids is 1. The quantitative estimate of drug-likeness (QED) is 0.845. The molecule has 0 spiro atoms. The Bertz CT molecular complexity index is 679. The van der Waals surface area contributed by atoms with E-state index in [0.29, 0.717) is 10.7 Å². The standard InChI is InChI=1S/C15H19N5OS/c1-15(2,3)10-7-5-9(6-8-10)11(21)17-13-18-12(16)19-14(20-13)22-4/h5-8H,1-4H3,(H3,16,17,18,19,20,21). The summed E-state index contributed by atoms with van der Waals surface area (Å²) in [6.45, 7) is 6.37. The molecule has 0 unspecified atom stereocenters. The second kappa shape index (κ2) is 6.31. The number of amides is 1. The first-order valence-electron chi connectivity index (χ1n) is 6.77. The number of nitrogens with zero attached hydrogens (tertiary/aromatic N) is 3. The molecule has 0 aliphatic heterocycles. The van der Waals surface area contributed by atoms with Gasteiger partial charge in [-0.25, -0.2) is 0 Å². The van der Waals surface area contributed by atoms with Crippen LogP contribution in [0.1, 0.15) is 36.7 Å². The first-order chi connectivity index (χ1) is 10.3. The first kappa shape index (κ1) is 16.2. The van der Waals surface area contributed by atoms with Gasteiger partial charge in [-0.3, -0.25) is 10.1 Å². The zero-order valence-electron chi connectivity index (χ0n) is 13.0. The van der Waals surface area contributed by atoms with E-state index in [4.69, 9.17) is 5.73 Å². The Labute approximate surface area is 134 Å². The number of carbonyl (C=O) groups is 1. The van der Waals surface area contributed by atoms with E-state index in [0.717, 1.165) is 5.56 Å². The molecule has 1 aromatic carbocycles. The molecule has 0 radical (unpaired) electrons. The van der Waals surface area contributed by atoms with E-state index in [2.05, 4.69) is 41.0 Å². The van der Waals surface area contributed by atoms with E-state index in [1.54, 1.807) is 12.1 Å². The molecule has 0 atom stereocenters. The minimum Gasteiger partial charge on any atom is -0.368 e. The van der Waals surface area contributed by atoms with Crippen LogP contribution in [0.15, 0.2) is 29.4 Å². The van der Waals surface area contributed by atoms with Crippen LogP contribution in [0.25, 0.3) is 0 Å². The summed E-state index contributed by atoms with van der Waals surface area (Å²) < 4.78 is 0. The van der Waals surface area contributed by atoms with Crippen molar-refractivity contribution < 1.29 is 4.79 Å². The van der Waals surface area contributed by atoms with Gasteiger partial charge in [0, 0.05) is 5.56 Å². The maximum absolute atomic E-state index is 12.2. The molecule has 7 heteroatoms. The Hall–Kier alpha value is -2.15. The lowest BCUT2D eigenvalue weighted by Gasteiger charge is -2.19. The SMILES string of the molecule is CSc1nc(N)nc(NC(=O)c2ccc(C(C)(C)C)cc2)n1. The van der Waals surface area contributed by atoms with E-state index in [1.807, 2.05) is 18.4 Å². The minimum absolute atomic E-state index is 0.0465. The summed E-state index contributed by atoms with van der Waals surface area (Å²) >= 11 is 1.33. The summed E-state index contributed by atoms with van der Waals surface area (Å²) in [5.74, 6) is -0.0439. The number of thioether (sulfide) groups is 1. The molecule has 116 valence electrons. The van der Waals surface area contributed by atoms with Crippen LogP contribution in [0.4, 0.5) is 11.9 Å². The number of nitrogens with one attached hydrogen (secondary N) is 1. The lowest BCUT2D eigenvalue weighted by molar-refractivity contribution is 0.102. The lowest BCUT2D eigenvalue weighted by Crippen LogP contribution is -2.16. The van der Waals surface area contributed by atoms with Gasteiger partial charge >= 0.3 is 0 Å². The third-order valence-electron chi connectivity index (χ3n) is 3.05. The van der Waals surface area contributed by atoms with Crippen molar-refractivity contribution >= 4 is 29.6 Å². The number of benzene rings is 1. The second-order valence-corrected chi connectivity index (χ2v) is 6.56. The van der Waals surface area contributed by atoms with Crippen LogP contribution >= 0.6 is 11.8 Å². The van der Waals surface area contributed by atoms with Crippen molar-refractivity contribution in [3.63, 3.8) is 0 Å². The Kier molecular flexibility index (Phi) is 4.65. The highest BCUT2D eigenvalue weighted by molar-refractivity contribution is 7.98. The summed E-state index contributed by atoms with van der Waals surface area (Å²) in [5.41, 5.74) is 7.34. The maximum atomic E-state index is 12.2. The first-order valence-corrected chi connectivity index (χ1v) is 7.99. The molecule has 3 N–H and O–H groups in total. The number of rotatable bonds is 3. The molecular formula is C15H19N5OS. The van der Waals surface area contributed by atoms with Crippen molar-refractivity contribution in [1.82, 2.24) is 15.0 Å². The highest BCUT2D eigenvalue weighted by atomic mass is 32.2. The largest absolute Gasteiger partial charge is 0.368 e. The van der Waals surface area contributed by atoms with Crippen molar-refractivity contribution in [3.05, 3.63) is 35.4 Å². The van der Waals surface area contributed by atoms with Crippen LogP contribution in [0, 0.1) is 0 Å². The van der Waals surface area contributed by atoms with Gasteiger partial charge in [0.05, 0.1) is 0 Å². The number of nitrogen functional groups attached to an aromatic ring is 1. The van der Waals surface area contributed by atoms with E-state index in [9.17, 15) is 4.79 Å². The topological polar surface area (TPSA) is 93.8 Å². The lowest BCUT2D eigenvalue weighted by atomic mass is 9.87. The molecule has 1 aromatic heterocycles. The summed E-state index contributed by atoms with van der Waals surface area (Å²) in [6.07, 6.45) is 1.82. The zero-order chi connectivity index (χ0) is 16.3. The number of nitrogens with two attached hydrogens (primary N) is 1. The van der Waals surface area contributed by atoms with Crippen LogP contribution in [0.5, 0.6) is 0 Å². The van der Waals surface area contributed by atoms with Crippen LogP contribution in [-0.2, 0) is 5.41 Å². The third kappa shape index (κ3) is 3.94. The molecule has 0 aliphatic carbocycles. The van der Waals surface area contributed by atoms with E-state index >= 15 is 0 Å². The van der Waals surface area contributed by atoms with E-state index < -0.39 is 0 Å². The van der Waals surface area contributed by atoms with Crippen LogP contribution in [0.2, 0.25) is 0 Å². The number of aromatic nitrogens is 3. The van der Waals surface area contributed by atoms with Crippen molar-refractivity contribution in [2.75, 3.05) is 17.3 Å². The molecule has 0 fully saturated rings. The molecular weight excluding hydrogens is 298 g/mol. The Morgan fingerprint density at radius 1 is 1.14 bits per heavy atom. The highest BCUT2D eigenvalue weighted by Gasteiger charge is 2.15. The average Bonchev–Trinajstić information content (AvgIpc) is 2.45. The fraction of sp³-hybridized carbons (Fsp3) is 0.333. The highest BCUT2D eigenvalue weighted by Crippen LogP contribution is 2.22. The Morgan fingerprint density at radius 2 is 1.77 bits per heavy atom. The Morgan fingerprint density at radius 3 is 2.32 bits per heavy atom. The van der Waals surface area contributed by atoms with Gasteiger partial charge in [0.15, 0.2) is 5.16 Å². The fourth-order valence-electron chi connectivity index (χ4n) is 1.81. The summed E-state index contributed by atoms with van der Waals surface area (Å²) in [4.78, 5) is 24.2. The average molecular weight is 317 g/mol. The molecule has 0 saturated heterocycles. The van der Waals surface area contributed by atoms with Gasteiger partial charge in [0.1, 0.15) is 0 Å². The van der Waals surface area contributed by atoms with Gasteiger partial charge in [-0.2, -0.15) is 15.0 Å². The molecule has 0 aliphatic rings. The van der Waals surface area contributed by atoms with Crippen LogP contribution in [-0.4, -0.2) is 27.1 Å². The third-order valence-corrected chi connectivity index (χ3v) is 3.60. The molecule has 0 saturated carbocycles. The monoisotopic (exact) mass is 317 g/mol. The molecule has 6 nitrogen and oxygen atoms in total. The molecule has 1 amide bonds. The molecule has 22 heavy (non-hydrogen) atoms. The summed E-state index contributed by atoms with van der Waals surface area (Å²) in [7, 11) is 0.